The van der Waals surface area contributed by atoms with E-state index in [1.807, 2.05) is 0 Å². The number of nitrogens with one attached hydrogen (secondary N) is 1. The molecule has 0 saturated carbocycles. The van der Waals surface area contributed by atoms with Crippen molar-refractivity contribution in [2.75, 3.05) is 14.2 Å². The van der Waals surface area contributed by atoms with E-state index in [0.717, 1.165) is 12.8 Å². The van der Waals surface area contributed by atoms with Crippen LogP contribution < -0.4 is 10.9 Å². The van der Waals surface area contributed by atoms with Gasteiger partial charge >= 0.3 is 5.97 Å². The molecule has 2 heterocycles. The van der Waals surface area contributed by atoms with Gasteiger partial charge in [-0.25, -0.2) is 9.78 Å². The number of nitrogens with zero attached hydrogens (tertiary/aromatic N) is 2. The van der Waals surface area contributed by atoms with Gasteiger partial charge in [0.05, 0.1) is 13.2 Å². The van der Waals surface area contributed by atoms with Gasteiger partial charge in [0.15, 0.2) is 5.69 Å². The van der Waals surface area contributed by atoms with Gasteiger partial charge < -0.3 is 15.2 Å². The molecule has 1 atom stereocenters. The molecule has 106 valence electrons. The van der Waals surface area contributed by atoms with Crippen LogP contribution in [0.5, 0.6) is 5.75 Å². The number of halogens is 1. The zero-order chi connectivity index (χ0) is 13.3. The number of esters is 1. The minimum Gasteiger partial charge on any atom is -0.501 e. The lowest BCUT2D eigenvalue weighted by molar-refractivity contribution is 0.0588. The van der Waals surface area contributed by atoms with Crippen LogP contribution in [0.2, 0.25) is 0 Å². The molecule has 1 aliphatic heterocycles. The van der Waals surface area contributed by atoms with Crippen LogP contribution in [0.3, 0.4) is 0 Å². The predicted molar refractivity (Wildman–Crippen MR) is 69.8 cm³/mol. The summed E-state index contributed by atoms with van der Waals surface area (Å²) in [6.07, 6.45) is 1.64. The normalized spacial score (nSPS) is 17.3. The second-order valence-corrected chi connectivity index (χ2v) is 4.10. The van der Waals surface area contributed by atoms with Crippen molar-refractivity contribution >= 4 is 18.4 Å². The van der Waals surface area contributed by atoms with Gasteiger partial charge in [-0.2, -0.15) is 0 Å². The van der Waals surface area contributed by atoms with Gasteiger partial charge in [-0.3, -0.25) is 9.36 Å². The fraction of sp³-hybridized carbons (Fsp3) is 0.545. The molecule has 0 radical (unpaired) electrons. The molecule has 7 nitrogen and oxygen atoms in total. The number of carbonyl (C=O) groups is 1. The maximum Gasteiger partial charge on any atom is 0.360 e. The molecule has 0 amide bonds. The maximum absolute atomic E-state index is 12.0. The Morgan fingerprint density at radius 2 is 2.26 bits per heavy atom. The number of fused-ring (bicyclic) bond motifs is 1. The fourth-order valence-corrected chi connectivity index (χ4v) is 2.14. The quantitative estimate of drug-likeness (QED) is 0.756. The summed E-state index contributed by atoms with van der Waals surface area (Å²) < 4.78 is 5.90. The average molecular weight is 290 g/mol. The minimum atomic E-state index is -0.812. The van der Waals surface area contributed by atoms with E-state index in [-0.39, 0.29) is 24.1 Å². The van der Waals surface area contributed by atoms with Crippen LogP contribution in [0, 0.1) is 0 Å². The Bertz CT molecular complexity index is 543. The van der Waals surface area contributed by atoms with Gasteiger partial charge in [0.1, 0.15) is 5.82 Å². The smallest absolute Gasteiger partial charge is 0.360 e. The average Bonchev–Trinajstić information content (AvgIpc) is 2.41. The lowest BCUT2D eigenvalue weighted by atomic mass is 10.1. The van der Waals surface area contributed by atoms with Crippen LogP contribution in [0.1, 0.15) is 35.2 Å². The minimum absolute atomic E-state index is 0. The first-order valence-corrected chi connectivity index (χ1v) is 5.69. The third kappa shape index (κ3) is 2.57. The van der Waals surface area contributed by atoms with Gasteiger partial charge in [-0.1, -0.05) is 0 Å². The first kappa shape index (κ1) is 15.5. The van der Waals surface area contributed by atoms with Crippen molar-refractivity contribution in [1.29, 1.82) is 0 Å². The third-order valence-corrected chi connectivity index (χ3v) is 3.09. The van der Waals surface area contributed by atoms with E-state index < -0.39 is 17.3 Å². The van der Waals surface area contributed by atoms with Gasteiger partial charge in [-0.05, 0) is 19.9 Å². The van der Waals surface area contributed by atoms with E-state index in [9.17, 15) is 14.7 Å². The molecule has 0 fully saturated rings. The van der Waals surface area contributed by atoms with Crippen molar-refractivity contribution < 1.29 is 14.6 Å². The highest BCUT2D eigenvalue weighted by atomic mass is 35.5. The van der Waals surface area contributed by atoms with E-state index in [1.165, 1.54) is 11.7 Å². The third-order valence-electron chi connectivity index (χ3n) is 3.09. The molecule has 0 bridgehead atoms. The summed E-state index contributed by atoms with van der Waals surface area (Å²) in [7, 11) is 2.94. The molecule has 8 heteroatoms. The van der Waals surface area contributed by atoms with Crippen LogP contribution in [-0.2, 0) is 11.3 Å². The molecular weight excluding hydrogens is 274 g/mol. The predicted octanol–water partition coefficient (Wildman–Crippen LogP) is 0.212. The summed E-state index contributed by atoms with van der Waals surface area (Å²) in [5, 5.41) is 12.7. The molecule has 0 aromatic carbocycles. The van der Waals surface area contributed by atoms with Crippen molar-refractivity contribution in [1.82, 2.24) is 14.9 Å². The SMILES string of the molecule is CNC1CCCn2c1nc(C(=O)OC)c(O)c2=O.Cl. The van der Waals surface area contributed by atoms with Gasteiger partial charge in [0.2, 0.25) is 5.75 Å². The Kier molecular flexibility index (Phi) is 4.90. The van der Waals surface area contributed by atoms with Crippen LogP contribution in [0.4, 0.5) is 0 Å². The highest BCUT2D eigenvalue weighted by Crippen LogP contribution is 2.23. The molecule has 1 aliphatic rings. The molecule has 0 aliphatic carbocycles. The zero-order valence-electron chi connectivity index (χ0n) is 10.7. The number of aromatic nitrogens is 2. The Morgan fingerprint density at radius 3 is 2.84 bits per heavy atom. The van der Waals surface area contributed by atoms with Crippen molar-refractivity contribution in [3.05, 3.63) is 21.9 Å². The summed E-state index contributed by atoms with van der Waals surface area (Å²) in [4.78, 5) is 27.5. The number of aromatic hydroxyl groups is 1. The fourth-order valence-electron chi connectivity index (χ4n) is 2.14. The highest BCUT2D eigenvalue weighted by molar-refractivity contribution is 5.89. The highest BCUT2D eigenvalue weighted by Gasteiger charge is 2.27. The summed E-state index contributed by atoms with van der Waals surface area (Å²) in [6.45, 7) is 0.494. The maximum atomic E-state index is 12.0. The monoisotopic (exact) mass is 289 g/mol. The first-order chi connectivity index (χ1) is 8.60. The summed E-state index contributed by atoms with van der Waals surface area (Å²) >= 11 is 0. The Hall–Kier alpha value is -1.60. The Labute approximate surface area is 116 Å². The molecule has 0 spiro atoms. The van der Waals surface area contributed by atoms with Crippen LogP contribution in [-0.4, -0.2) is 34.8 Å². The van der Waals surface area contributed by atoms with Crippen molar-refractivity contribution in [2.45, 2.75) is 25.4 Å². The standard InChI is InChI=1S/C11H15N3O4.ClH/c1-12-6-4-3-5-14-9(6)13-7(11(17)18-2)8(15)10(14)16;/h6,12,15H,3-5H2,1-2H3;1H. The Balaban J connectivity index is 0.00000180. The van der Waals surface area contributed by atoms with Crippen molar-refractivity contribution in [2.24, 2.45) is 0 Å². The molecule has 19 heavy (non-hydrogen) atoms. The van der Waals surface area contributed by atoms with E-state index in [0.29, 0.717) is 12.4 Å². The number of methoxy groups -OCH3 is 1. The van der Waals surface area contributed by atoms with E-state index >= 15 is 0 Å². The largest absolute Gasteiger partial charge is 0.501 e. The number of rotatable bonds is 2. The van der Waals surface area contributed by atoms with Crippen LogP contribution in [0.15, 0.2) is 4.79 Å². The molecule has 2 N–H and O–H groups in total. The van der Waals surface area contributed by atoms with Crippen molar-refractivity contribution in [3.63, 3.8) is 0 Å². The van der Waals surface area contributed by atoms with Gasteiger partial charge in [-0.15, -0.1) is 12.4 Å². The first-order valence-electron chi connectivity index (χ1n) is 5.69. The van der Waals surface area contributed by atoms with E-state index in [2.05, 4.69) is 15.0 Å². The van der Waals surface area contributed by atoms with Gasteiger partial charge in [0.25, 0.3) is 5.56 Å². The second-order valence-electron chi connectivity index (χ2n) is 4.10. The topological polar surface area (TPSA) is 93.5 Å². The lowest BCUT2D eigenvalue weighted by Gasteiger charge is -2.25. The summed E-state index contributed by atoms with van der Waals surface area (Å²) in [5.74, 6) is -0.997. The molecular formula is C11H16ClN3O4. The Morgan fingerprint density at radius 1 is 1.58 bits per heavy atom. The molecule has 2 rings (SSSR count). The number of carbonyl (C=O) groups excluding carboxylic acids is 1. The lowest BCUT2D eigenvalue weighted by Crippen LogP contribution is -2.35. The number of ether oxygens (including phenoxy) is 1. The second kappa shape index (κ2) is 6.03. The van der Waals surface area contributed by atoms with E-state index in [1.54, 1.807) is 7.05 Å². The number of hydrogen-bond acceptors (Lipinski definition) is 6. The van der Waals surface area contributed by atoms with Gasteiger partial charge in [0, 0.05) is 6.54 Å². The molecule has 0 saturated heterocycles. The van der Waals surface area contributed by atoms with E-state index in [4.69, 9.17) is 0 Å². The van der Waals surface area contributed by atoms with Crippen molar-refractivity contribution in [3.8, 4) is 5.75 Å². The summed E-state index contributed by atoms with van der Waals surface area (Å²) in [5.41, 5.74) is -0.920. The molecule has 1 aromatic heterocycles. The summed E-state index contributed by atoms with van der Waals surface area (Å²) in [6, 6.07) is -0.101. The van der Waals surface area contributed by atoms with Crippen LogP contribution in [0.25, 0.3) is 0 Å². The zero-order valence-corrected chi connectivity index (χ0v) is 11.5. The number of hydrogen-bond donors (Lipinski definition) is 2. The van der Waals surface area contributed by atoms with Crippen LogP contribution >= 0.6 is 12.4 Å². The molecule has 1 aromatic rings. The molecule has 1 unspecified atom stereocenters.